The van der Waals surface area contributed by atoms with Gasteiger partial charge in [-0.2, -0.15) is 8.42 Å². The Morgan fingerprint density at radius 1 is 0.659 bits per heavy atom. The standard InChI is InChI=1S/C28H14NO.C5H5NO3S.Ir/c30-28-21-9-4-3-8-19(21)23-14-16(12-13-22(23)28)26-15-24-18-7-2-1-6-17(18)20-10-5-11-25(29-26)27(20)24;7-10(8,9)5-3-1-2-4-6-5;/h1-11,13-15H;1-4H,(H,7,8,9);/q-1;;. The molecular weight excluding hydrogens is 713 g/mol. The molecule has 41 heavy (non-hydrogen) atoms. The van der Waals surface area contributed by atoms with Gasteiger partial charge in [0.1, 0.15) is 0 Å². The average Bonchev–Trinajstić information content (AvgIpc) is 3.46. The number of rotatable bonds is 2. The molecule has 2 aliphatic carbocycles. The van der Waals surface area contributed by atoms with E-state index in [2.05, 4.69) is 65.6 Å². The number of benzene rings is 4. The van der Waals surface area contributed by atoms with E-state index in [-0.39, 0.29) is 30.9 Å². The molecular formula is C33H19IrN2O4S-. The van der Waals surface area contributed by atoms with Crippen molar-refractivity contribution in [3.8, 4) is 44.6 Å². The Hall–Kier alpha value is -4.33. The van der Waals surface area contributed by atoms with E-state index in [1.165, 1.54) is 46.0 Å². The Balaban J connectivity index is 0.000000236. The summed E-state index contributed by atoms with van der Waals surface area (Å²) in [6, 6.07) is 36.3. The predicted molar refractivity (Wildman–Crippen MR) is 153 cm³/mol. The van der Waals surface area contributed by atoms with Gasteiger partial charge in [-0.05, 0) is 51.7 Å². The zero-order valence-corrected chi connectivity index (χ0v) is 24.4. The van der Waals surface area contributed by atoms with Crippen LogP contribution in [0.15, 0.2) is 114 Å². The number of fused-ring (bicyclic) bond motifs is 6. The van der Waals surface area contributed by atoms with Crippen molar-refractivity contribution < 1.29 is 37.9 Å². The van der Waals surface area contributed by atoms with Gasteiger partial charge in [0.2, 0.25) is 0 Å². The van der Waals surface area contributed by atoms with Gasteiger partial charge >= 0.3 is 10.1 Å². The van der Waals surface area contributed by atoms with Crippen LogP contribution in [-0.4, -0.2) is 28.7 Å². The van der Waals surface area contributed by atoms with Crippen LogP contribution in [0.2, 0.25) is 0 Å². The van der Waals surface area contributed by atoms with Crippen molar-refractivity contribution in [2.45, 2.75) is 5.03 Å². The van der Waals surface area contributed by atoms with E-state index < -0.39 is 10.1 Å². The topological polar surface area (TPSA) is 97.2 Å². The van der Waals surface area contributed by atoms with Crippen molar-refractivity contribution >= 4 is 26.8 Å². The summed E-state index contributed by atoms with van der Waals surface area (Å²) in [6.07, 6.45) is 1.29. The number of hydrogen-bond acceptors (Lipinski definition) is 5. The fourth-order valence-corrected chi connectivity index (χ4v) is 5.87. The zero-order chi connectivity index (χ0) is 27.4. The van der Waals surface area contributed by atoms with E-state index in [1.807, 2.05) is 30.3 Å². The Kier molecular flexibility index (Phi) is 6.72. The number of ketones is 1. The SMILES string of the molecule is O=C1c2ccccc2-c2cc(-c3cc4c5c(cccc5n3)-c3ccccc3-4)[c-]cc21.O=S(=O)(O)c1ccccn1.[Ir]. The van der Waals surface area contributed by atoms with Crippen LogP contribution in [0.3, 0.4) is 0 Å². The number of nitrogens with zero attached hydrogens (tertiary/aromatic N) is 2. The summed E-state index contributed by atoms with van der Waals surface area (Å²) in [5.74, 6) is 0.0760. The molecule has 2 aromatic heterocycles. The van der Waals surface area contributed by atoms with Crippen LogP contribution in [-0.2, 0) is 30.2 Å². The quantitative estimate of drug-likeness (QED) is 0.154. The smallest absolute Gasteiger partial charge is 0.300 e. The average molecular weight is 732 g/mol. The van der Waals surface area contributed by atoms with Gasteiger partial charge in [0, 0.05) is 37.3 Å². The Labute approximate surface area is 249 Å². The Morgan fingerprint density at radius 3 is 1.95 bits per heavy atom. The Bertz CT molecular complexity index is 2110. The minimum atomic E-state index is -4.11. The molecule has 8 rings (SSSR count). The molecule has 2 aliphatic rings. The maximum absolute atomic E-state index is 12.7. The van der Waals surface area contributed by atoms with E-state index >= 15 is 0 Å². The molecule has 8 heteroatoms. The second-order valence-electron chi connectivity index (χ2n) is 9.49. The Morgan fingerprint density at radius 2 is 1.29 bits per heavy atom. The van der Waals surface area contributed by atoms with Gasteiger partial charge in [0.25, 0.3) is 0 Å². The molecule has 0 spiro atoms. The van der Waals surface area contributed by atoms with Crippen LogP contribution >= 0.6 is 0 Å². The summed E-state index contributed by atoms with van der Waals surface area (Å²) in [6.45, 7) is 0. The molecule has 0 unspecified atom stereocenters. The molecule has 0 saturated heterocycles. The molecule has 0 atom stereocenters. The minimum Gasteiger partial charge on any atom is -0.300 e. The largest absolute Gasteiger partial charge is 0.312 e. The number of carbonyl (C=O) groups is 1. The monoisotopic (exact) mass is 732 g/mol. The molecule has 1 N–H and O–H groups in total. The van der Waals surface area contributed by atoms with Crippen LogP contribution in [0.4, 0.5) is 0 Å². The van der Waals surface area contributed by atoms with E-state index in [1.54, 1.807) is 6.07 Å². The molecule has 0 saturated carbocycles. The van der Waals surface area contributed by atoms with Gasteiger partial charge in [-0.1, -0.05) is 83.9 Å². The van der Waals surface area contributed by atoms with Gasteiger partial charge in [0.05, 0.1) is 5.52 Å². The van der Waals surface area contributed by atoms with E-state index in [4.69, 9.17) is 9.54 Å². The van der Waals surface area contributed by atoms with Crippen LogP contribution in [0.1, 0.15) is 15.9 Å². The maximum Gasteiger partial charge on any atom is 0.312 e. The maximum atomic E-state index is 12.7. The summed E-state index contributed by atoms with van der Waals surface area (Å²) >= 11 is 0. The van der Waals surface area contributed by atoms with Crippen molar-refractivity contribution in [1.82, 2.24) is 9.97 Å². The normalized spacial score (nSPS) is 12.1. The molecule has 1 radical (unpaired) electrons. The van der Waals surface area contributed by atoms with Crippen LogP contribution in [0.5, 0.6) is 0 Å². The van der Waals surface area contributed by atoms with E-state index in [9.17, 15) is 13.2 Å². The summed E-state index contributed by atoms with van der Waals surface area (Å²) in [5, 5.41) is 0.888. The summed E-state index contributed by atoms with van der Waals surface area (Å²) in [4.78, 5) is 21.1. The zero-order valence-electron chi connectivity index (χ0n) is 21.2. The molecule has 0 bridgehead atoms. The van der Waals surface area contributed by atoms with E-state index in [0.717, 1.165) is 39.0 Å². The van der Waals surface area contributed by atoms with Crippen molar-refractivity contribution in [3.63, 3.8) is 0 Å². The minimum absolute atomic E-state index is 0. The molecule has 0 aliphatic heterocycles. The number of carbonyl (C=O) groups excluding carboxylic acids is 1. The molecule has 6 aromatic rings. The molecule has 6 nitrogen and oxygen atoms in total. The van der Waals surface area contributed by atoms with Gasteiger partial charge < -0.3 is 0 Å². The molecule has 0 amide bonds. The number of hydrogen-bond donors (Lipinski definition) is 1. The first-order valence-corrected chi connectivity index (χ1v) is 14.0. The van der Waals surface area contributed by atoms with E-state index in [0.29, 0.717) is 0 Å². The summed E-state index contributed by atoms with van der Waals surface area (Å²) < 4.78 is 29.1. The number of pyridine rings is 2. The van der Waals surface area contributed by atoms with Gasteiger partial charge in [-0.15, -0.1) is 23.8 Å². The predicted octanol–water partition coefficient (Wildman–Crippen LogP) is 6.89. The third kappa shape index (κ3) is 4.51. The van der Waals surface area contributed by atoms with Gasteiger partial charge in [-0.3, -0.25) is 14.3 Å². The first kappa shape index (κ1) is 26.9. The summed E-state index contributed by atoms with van der Waals surface area (Å²) in [5.41, 5.74) is 11.2. The van der Waals surface area contributed by atoms with Crippen molar-refractivity contribution in [1.29, 1.82) is 0 Å². The van der Waals surface area contributed by atoms with Crippen molar-refractivity contribution in [2.24, 2.45) is 0 Å². The molecule has 201 valence electrons. The number of aromatic nitrogens is 2. The molecule has 2 heterocycles. The summed E-state index contributed by atoms with van der Waals surface area (Å²) in [7, 11) is -4.11. The van der Waals surface area contributed by atoms with Crippen LogP contribution < -0.4 is 0 Å². The molecule has 4 aromatic carbocycles. The fraction of sp³-hybridized carbons (Fsp3) is 0. The second kappa shape index (κ2) is 10.3. The fourth-order valence-electron chi connectivity index (χ4n) is 5.43. The van der Waals surface area contributed by atoms with Crippen molar-refractivity contribution in [2.75, 3.05) is 0 Å². The third-order valence-electron chi connectivity index (χ3n) is 7.18. The van der Waals surface area contributed by atoms with Crippen LogP contribution in [0.25, 0.3) is 55.5 Å². The van der Waals surface area contributed by atoms with Gasteiger partial charge in [0.15, 0.2) is 10.8 Å². The molecule has 0 fully saturated rings. The first-order chi connectivity index (χ1) is 19.4. The first-order valence-electron chi connectivity index (χ1n) is 12.5. The van der Waals surface area contributed by atoms with Crippen LogP contribution in [0, 0.1) is 6.07 Å². The van der Waals surface area contributed by atoms with Gasteiger partial charge in [-0.25, -0.2) is 4.98 Å². The second-order valence-corrected chi connectivity index (χ2v) is 10.9. The third-order valence-corrected chi connectivity index (χ3v) is 7.95. The van der Waals surface area contributed by atoms with Crippen molar-refractivity contribution in [3.05, 3.63) is 127 Å².